The predicted molar refractivity (Wildman–Crippen MR) is 74.8 cm³/mol. The largest absolute Gasteiger partial charge is 0.480 e. The molecule has 0 amide bonds. The Morgan fingerprint density at radius 2 is 2.00 bits per heavy atom. The Morgan fingerprint density at radius 1 is 1.26 bits per heavy atom. The topological polar surface area (TPSA) is 64.5 Å². The molecule has 1 N–H and O–H groups in total. The van der Waals surface area contributed by atoms with Gasteiger partial charge < -0.3 is 14.6 Å². The highest BCUT2D eigenvalue weighted by molar-refractivity contribution is 7.99. The zero-order chi connectivity index (χ0) is 14.1. The molecule has 1 saturated heterocycles. The number of rotatable bonds is 3. The third-order valence-corrected chi connectivity index (χ3v) is 4.83. The molecule has 2 rings (SSSR count). The molecule has 0 aromatic carbocycles. The molecule has 0 spiro atoms. The van der Waals surface area contributed by atoms with Crippen LogP contribution in [0.3, 0.4) is 0 Å². The van der Waals surface area contributed by atoms with Crippen LogP contribution in [0.2, 0.25) is 0 Å². The van der Waals surface area contributed by atoms with E-state index in [1.165, 1.54) is 20.4 Å². The lowest BCUT2D eigenvalue weighted by Gasteiger charge is -2.40. The highest BCUT2D eigenvalue weighted by Crippen LogP contribution is 2.45. The van der Waals surface area contributed by atoms with E-state index in [2.05, 4.69) is 23.8 Å². The lowest BCUT2D eigenvalue weighted by Crippen LogP contribution is -2.41. The maximum atomic E-state index is 10.9. The van der Waals surface area contributed by atoms with Gasteiger partial charge in [-0.3, -0.25) is 0 Å². The fourth-order valence-corrected chi connectivity index (χ4v) is 3.79. The molecule has 1 atom stereocenters. The number of aliphatic hydroxyl groups is 1. The summed E-state index contributed by atoms with van der Waals surface area (Å²) in [6, 6.07) is 0. The summed E-state index contributed by atoms with van der Waals surface area (Å²) in [5, 5.41) is 10.9. The minimum absolute atomic E-state index is 0.0598. The molecule has 0 aliphatic carbocycles. The molecule has 0 radical (unpaired) electrons. The molecule has 1 aliphatic rings. The summed E-state index contributed by atoms with van der Waals surface area (Å²) < 4.78 is 10.3. The molecule has 0 bridgehead atoms. The fourth-order valence-electron chi connectivity index (χ4n) is 2.46. The highest BCUT2D eigenvalue weighted by atomic mass is 32.2. The summed E-state index contributed by atoms with van der Waals surface area (Å²) in [7, 11) is 3.05. The molecular weight excluding hydrogens is 264 g/mol. The second-order valence-electron chi connectivity index (χ2n) is 5.64. The maximum absolute atomic E-state index is 10.9. The van der Waals surface area contributed by atoms with E-state index in [0.29, 0.717) is 29.6 Å². The van der Waals surface area contributed by atoms with E-state index in [4.69, 9.17) is 9.47 Å². The number of hydrogen-bond acceptors (Lipinski definition) is 6. The van der Waals surface area contributed by atoms with Crippen LogP contribution >= 0.6 is 11.8 Å². The Labute approximate surface area is 117 Å². The van der Waals surface area contributed by atoms with Crippen LogP contribution in [-0.2, 0) is 5.60 Å². The van der Waals surface area contributed by atoms with E-state index in [-0.39, 0.29) is 5.41 Å². The van der Waals surface area contributed by atoms with Crippen molar-refractivity contribution in [2.45, 2.75) is 25.9 Å². The van der Waals surface area contributed by atoms with Crippen LogP contribution in [0.25, 0.3) is 0 Å². The molecule has 5 nitrogen and oxygen atoms in total. The highest BCUT2D eigenvalue weighted by Gasteiger charge is 2.43. The SMILES string of the molecule is COc1cnc(C2(O)CSCC(C)(C)C2)c(OC)n1. The number of methoxy groups -OCH3 is 2. The smallest absolute Gasteiger partial charge is 0.241 e. The Bertz CT molecular complexity index is 467. The molecule has 2 heterocycles. The van der Waals surface area contributed by atoms with E-state index < -0.39 is 5.60 Å². The molecular formula is C13H20N2O3S. The first kappa shape index (κ1) is 14.4. The summed E-state index contributed by atoms with van der Waals surface area (Å²) in [6.07, 6.45) is 2.16. The number of hydrogen-bond donors (Lipinski definition) is 1. The molecule has 1 unspecified atom stereocenters. The van der Waals surface area contributed by atoms with E-state index >= 15 is 0 Å². The van der Waals surface area contributed by atoms with Gasteiger partial charge in [-0.25, -0.2) is 4.98 Å². The maximum Gasteiger partial charge on any atom is 0.241 e. The van der Waals surface area contributed by atoms with Gasteiger partial charge in [-0.05, 0) is 17.6 Å². The minimum atomic E-state index is -1.00. The van der Waals surface area contributed by atoms with E-state index in [1.54, 1.807) is 11.8 Å². The number of nitrogens with zero attached hydrogens (tertiary/aromatic N) is 2. The van der Waals surface area contributed by atoms with Crippen LogP contribution in [0.4, 0.5) is 0 Å². The normalized spacial score (nSPS) is 25.9. The predicted octanol–water partition coefficient (Wildman–Crippen LogP) is 1.84. The lowest BCUT2D eigenvalue weighted by molar-refractivity contribution is 0.00887. The Hall–Kier alpha value is -1.01. The molecule has 1 aliphatic heterocycles. The quantitative estimate of drug-likeness (QED) is 0.914. The number of aromatic nitrogens is 2. The first-order chi connectivity index (χ1) is 8.90. The minimum Gasteiger partial charge on any atom is -0.480 e. The van der Waals surface area contributed by atoms with Gasteiger partial charge in [-0.15, -0.1) is 0 Å². The summed E-state index contributed by atoms with van der Waals surface area (Å²) in [5.74, 6) is 2.35. The third kappa shape index (κ3) is 2.95. The van der Waals surface area contributed by atoms with Gasteiger partial charge in [-0.2, -0.15) is 16.7 Å². The van der Waals surface area contributed by atoms with Crippen molar-refractivity contribution >= 4 is 11.8 Å². The van der Waals surface area contributed by atoms with Crippen LogP contribution in [0.5, 0.6) is 11.8 Å². The van der Waals surface area contributed by atoms with Crippen LogP contribution in [-0.4, -0.2) is 40.8 Å². The standard InChI is InChI=1S/C13H20N2O3S/c1-12(2)6-13(16,8-19-7-12)10-11(18-4)15-9(17-3)5-14-10/h5,16H,6-8H2,1-4H3. The fraction of sp³-hybridized carbons (Fsp3) is 0.692. The second kappa shape index (κ2) is 5.17. The Kier molecular flexibility index (Phi) is 3.92. The lowest BCUT2D eigenvalue weighted by atomic mass is 9.80. The van der Waals surface area contributed by atoms with Crippen molar-refractivity contribution in [2.24, 2.45) is 5.41 Å². The number of thioether (sulfide) groups is 1. The summed E-state index contributed by atoms with van der Waals surface area (Å²) in [6.45, 7) is 4.29. The van der Waals surface area contributed by atoms with Crippen LogP contribution < -0.4 is 9.47 Å². The van der Waals surface area contributed by atoms with Crippen LogP contribution in [0, 0.1) is 5.41 Å². The average molecular weight is 284 g/mol. The average Bonchev–Trinajstić information content (AvgIpc) is 2.36. The van der Waals surface area contributed by atoms with Crippen molar-refractivity contribution in [1.82, 2.24) is 9.97 Å². The van der Waals surface area contributed by atoms with Crippen molar-refractivity contribution in [3.63, 3.8) is 0 Å². The summed E-state index contributed by atoms with van der Waals surface area (Å²) in [4.78, 5) is 8.51. The molecule has 106 valence electrons. The van der Waals surface area contributed by atoms with E-state index in [9.17, 15) is 5.11 Å². The monoisotopic (exact) mass is 284 g/mol. The number of ether oxygens (including phenoxy) is 2. The van der Waals surface area contributed by atoms with Crippen molar-refractivity contribution in [3.05, 3.63) is 11.9 Å². The van der Waals surface area contributed by atoms with Gasteiger partial charge in [0.1, 0.15) is 11.3 Å². The van der Waals surface area contributed by atoms with Crippen molar-refractivity contribution < 1.29 is 14.6 Å². The zero-order valence-corrected chi connectivity index (χ0v) is 12.6. The Morgan fingerprint density at radius 3 is 2.58 bits per heavy atom. The van der Waals surface area contributed by atoms with Gasteiger partial charge in [0.15, 0.2) is 0 Å². The molecule has 1 fully saturated rings. The first-order valence-corrected chi connectivity index (χ1v) is 7.31. The molecule has 1 aromatic heterocycles. The van der Waals surface area contributed by atoms with Gasteiger partial charge in [0.2, 0.25) is 11.8 Å². The molecule has 19 heavy (non-hydrogen) atoms. The van der Waals surface area contributed by atoms with E-state index in [0.717, 1.165) is 5.75 Å². The summed E-state index contributed by atoms with van der Waals surface area (Å²) >= 11 is 1.73. The molecule has 6 heteroatoms. The van der Waals surface area contributed by atoms with Gasteiger partial charge in [-0.1, -0.05) is 13.8 Å². The first-order valence-electron chi connectivity index (χ1n) is 6.16. The Balaban J connectivity index is 2.39. The summed E-state index contributed by atoms with van der Waals surface area (Å²) in [5.41, 5.74) is -0.447. The van der Waals surface area contributed by atoms with E-state index in [1.807, 2.05) is 0 Å². The van der Waals surface area contributed by atoms with Gasteiger partial charge >= 0.3 is 0 Å². The molecule has 1 aromatic rings. The van der Waals surface area contributed by atoms with Crippen molar-refractivity contribution in [1.29, 1.82) is 0 Å². The second-order valence-corrected chi connectivity index (χ2v) is 6.62. The van der Waals surface area contributed by atoms with Crippen molar-refractivity contribution in [3.8, 4) is 11.8 Å². The third-order valence-electron chi connectivity index (χ3n) is 3.17. The van der Waals surface area contributed by atoms with Gasteiger partial charge in [0.25, 0.3) is 0 Å². The van der Waals surface area contributed by atoms with Gasteiger partial charge in [0, 0.05) is 5.75 Å². The molecule has 0 saturated carbocycles. The van der Waals surface area contributed by atoms with Crippen molar-refractivity contribution in [2.75, 3.05) is 25.7 Å². The zero-order valence-electron chi connectivity index (χ0n) is 11.8. The van der Waals surface area contributed by atoms with Crippen LogP contribution in [0.1, 0.15) is 26.0 Å². The van der Waals surface area contributed by atoms with Crippen LogP contribution in [0.15, 0.2) is 6.20 Å². The van der Waals surface area contributed by atoms with Gasteiger partial charge in [0.05, 0.1) is 20.4 Å².